The van der Waals surface area contributed by atoms with E-state index in [0.717, 1.165) is 11.1 Å². The molecule has 0 aliphatic carbocycles. The van der Waals surface area contributed by atoms with Gasteiger partial charge in [-0.1, -0.05) is 23.7 Å². The van der Waals surface area contributed by atoms with Crippen molar-refractivity contribution in [3.05, 3.63) is 41.7 Å². The Hall–Kier alpha value is -1.81. The van der Waals surface area contributed by atoms with Crippen molar-refractivity contribution in [1.29, 1.82) is 0 Å². The molecule has 0 atom stereocenters. The fraction of sp³-hybridized carbons (Fsp3) is 0.167. The van der Waals surface area contributed by atoms with Crippen LogP contribution in [-0.4, -0.2) is 20.9 Å². The minimum Gasteiger partial charge on any atom is -0.481 e. The Bertz CT molecular complexity index is 520. The number of carboxylic acid groups (broad SMARTS) is 1. The summed E-state index contributed by atoms with van der Waals surface area (Å²) >= 11 is 5.80. The largest absolute Gasteiger partial charge is 0.481 e. The summed E-state index contributed by atoms with van der Waals surface area (Å²) in [5.74, 6) is -0.825. The zero-order valence-corrected chi connectivity index (χ0v) is 9.76. The van der Waals surface area contributed by atoms with E-state index in [0.29, 0.717) is 11.6 Å². The lowest BCUT2D eigenvalue weighted by Crippen LogP contribution is -2.04. The number of benzene rings is 1. The van der Waals surface area contributed by atoms with Crippen LogP contribution in [0, 0.1) is 0 Å². The third-order valence-corrected chi connectivity index (χ3v) is 2.62. The number of aliphatic carboxylic acids is 1. The van der Waals surface area contributed by atoms with Gasteiger partial charge >= 0.3 is 5.97 Å². The summed E-state index contributed by atoms with van der Waals surface area (Å²) in [6, 6.07) is 7.43. The molecule has 0 saturated carbocycles. The van der Waals surface area contributed by atoms with E-state index in [-0.39, 0.29) is 6.42 Å². The molecule has 1 heterocycles. The number of rotatable bonds is 4. The summed E-state index contributed by atoms with van der Waals surface area (Å²) in [4.78, 5) is 10.4. The van der Waals surface area contributed by atoms with Gasteiger partial charge in [-0.05, 0) is 17.7 Å². The molecular weight excluding hydrogens is 240 g/mol. The SMILES string of the molecule is O=C(O)CCn1cc(-c2ccc(Cl)cc2)cn1. The van der Waals surface area contributed by atoms with Crippen molar-refractivity contribution >= 4 is 17.6 Å². The van der Waals surface area contributed by atoms with Crippen LogP contribution in [0.5, 0.6) is 0 Å². The molecule has 1 aromatic heterocycles. The maximum absolute atomic E-state index is 10.4. The molecule has 0 aliphatic heterocycles. The zero-order valence-electron chi connectivity index (χ0n) is 9.01. The van der Waals surface area contributed by atoms with Gasteiger partial charge in [0.1, 0.15) is 0 Å². The van der Waals surface area contributed by atoms with E-state index < -0.39 is 5.97 Å². The molecular formula is C12H11ClN2O2. The van der Waals surface area contributed by atoms with Gasteiger partial charge < -0.3 is 5.11 Å². The van der Waals surface area contributed by atoms with Gasteiger partial charge in [0.05, 0.1) is 19.2 Å². The first-order chi connectivity index (χ1) is 8.15. The molecule has 0 saturated heterocycles. The van der Waals surface area contributed by atoms with Crippen molar-refractivity contribution in [2.24, 2.45) is 0 Å². The smallest absolute Gasteiger partial charge is 0.305 e. The third kappa shape index (κ3) is 3.07. The monoisotopic (exact) mass is 250 g/mol. The molecule has 0 unspecified atom stereocenters. The van der Waals surface area contributed by atoms with Crippen molar-refractivity contribution < 1.29 is 9.90 Å². The number of carboxylic acids is 1. The molecule has 1 N–H and O–H groups in total. The normalized spacial score (nSPS) is 10.4. The maximum Gasteiger partial charge on any atom is 0.305 e. The van der Waals surface area contributed by atoms with E-state index in [2.05, 4.69) is 5.10 Å². The van der Waals surface area contributed by atoms with Crippen molar-refractivity contribution in [3.63, 3.8) is 0 Å². The van der Waals surface area contributed by atoms with Crippen molar-refractivity contribution in [2.45, 2.75) is 13.0 Å². The van der Waals surface area contributed by atoms with Gasteiger partial charge in [0.15, 0.2) is 0 Å². The van der Waals surface area contributed by atoms with Crippen molar-refractivity contribution in [1.82, 2.24) is 9.78 Å². The fourth-order valence-electron chi connectivity index (χ4n) is 1.49. The van der Waals surface area contributed by atoms with Crippen molar-refractivity contribution in [2.75, 3.05) is 0 Å². The van der Waals surface area contributed by atoms with Crippen LogP contribution in [0.15, 0.2) is 36.7 Å². The Labute approximate surface area is 103 Å². The van der Waals surface area contributed by atoms with Gasteiger partial charge in [-0.2, -0.15) is 5.10 Å². The summed E-state index contributed by atoms with van der Waals surface area (Å²) < 4.78 is 1.62. The van der Waals surface area contributed by atoms with E-state index in [1.54, 1.807) is 10.9 Å². The highest BCUT2D eigenvalue weighted by Crippen LogP contribution is 2.20. The third-order valence-electron chi connectivity index (χ3n) is 2.37. The highest BCUT2D eigenvalue weighted by molar-refractivity contribution is 6.30. The number of hydrogen-bond donors (Lipinski definition) is 1. The molecule has 88 valence electrons. The summed E-state index contributed by atoms with van der Waals surface area (Å²) in [6.45, 7) is 0.378. The van der Waals surface area contributed by atoms with Crippen LogP contribution < -0.4 is 0 Å². The predicted molar refractivity (Wildman–Crippen MR) is 64.9 cm³/mol. The van der Waals surface area contributed by atoms with Gasteiger partial charge in [0.2, 0.25) is 0 Å². The molecule has 0 radical (unpaired) electrons. The minimum atomic E-state index is -0.825. The highest BCUT2D eigenvalue weighted by atomic mass is 35.5. The first kappa shape index (κ1) is 11.7. The Morgan fingerprint density at radius 2 is 2.00 bits per heavy atom. The Morgan fingerprint density at radius 3 is 2.65 bits per heavy atom. The Balaban J connectivity index is 2.12. The summed E-state index contributed by atoms with van der Waals surface area (Å²) in [5, 5.41) is 13.4. The van der Waals surface area contributed by atoms with E-state index in [9.17, 15) is 4.79 Å². The molecule has 0 amide bonds. The molecule has 2 rings (SSSR count). The molecule has 1 aromatic carbocycles. The maximum atomic E-state index is 10.4. The summed E-state index contributed by atoms with van der Waals surface area (Å²) in [5.41, 5.74) is 1.96. The molecule has 0 spiro atoms. The number of hydrogen-bond acceptors (Lipinski definition) is 2. The average molecular weight is 251 g/mol. The van der Waals surface area contributed by atoms with Crippen LogP contribution in [-0.2, 0) is 11.3 Å². The zero-order chi connectivity index (χ0) is 12.3. The van der Waals surface area contributed by atoms with Crippen LogP contribution in [0.4, 0.5) is 0 Å². The number of carbonyl (C=O) groups is 1. The lowest BCUT2D eigenvalue weighted by molar-refractivity contribution is -0.137. The second-order valence-corrected chi connectivity index (χ2v) is 4.08. The lowest BCUT2D eigenvalue weighted by atomic mass is 10.1. The van der Waals surface area contributed by atoms with E-state index in [4.69, 9.17) is 16.7 Å². The molecule has 4 nitrogen and oxygen atoms in total. The minimum absolute atomic E-state index is 0.0712. The van der Waals surface area contributed by atoms with Gasteiger partial charge in [-0.25, -0.2) is 0 Å². The topological polar surface area (TPSA) is 55.1 Å². The number of aromatic nitrogens is 2. The first-order valence-electron chi connectivity index (χ1n) is 5.15. The number of nitrogens with zero attached hydrogens (tertiary/aromatic N) is 2. The average Bonchev–Trinajstić information content (AvgIpc) is 2.76. The lowest BCUT2D eigenvalue weighted by Gasteiger charge is -1.98. The molecule has 0 bridgehead atoms. The fourth-order valence-corrected chi connectivity index (χ4v) is 1.61. The summed E-state index contributed by atoms with van der Waals surface area (Å²) in [7, 11) is 0. The van der Waals surface area contributed by atoms with Crippen LogP contribution in [0.1, 0.15) is 6.42 Å². The van der Waals surface area contributed by atoms with Gasteiger partial charge in [-0.15, -0.1) is 0 Å². The van der Waals surface area contributed by atoms with Crippen LogP contribution in [0.25, 0.3) is 11.1 Å². The molecule has 0 aliphatic rings. The summed E-state index contributed by atoms with van der Waals surface area (Å²) in [6.07, 6.45) is 3.61. The van der Waals surface area contributed by atoms with Gasteiger partial charge in [0.25, 0.3) is 0 Å². The number of aryl methyl sites for hydroxylation is 1. The molecule has 17 heavy (non-hydrogen) atoms. The molecule has 2 aromatic rings. The van der Waals surface area contributed by atoms with E-state index in [1.807, 2.05) is 30.5 Å². The van der Waals surface area contributed by atoms with Gasteiger partial charge in [-0.3, -0.25) is 9.48 Å². The second kappa shape index (κ2) is 5.01. The highest BCUT2D eigenvalue weighted by Gasteiger charge is 2.03. The van der Waals surface area contributed by atoms with Crippen LogP contribution in [0.3, 0.4) is 0 Å². The van der Waals surface area contributed by atoms with Crippen molar-refractivity contribution in [3.8, 4) is 11.1 Å². The van der Waals surface area contributed by atoms with E-state index in [1.165, 1.54) is 0 Å². The van der Waals surface area contributed by atoms with Crippen LogP contribution >= 0.6 is 11.6 Å². The second-order valence-electron chi connectivity index (χ2n) is 3.64. The predicted octanol–water partition coefficient (Wildman–Crippen LogP) is 2.68. The Kier molecular flexibility index (Phi) is 3.44. The molecule has 5 heteroatoms. The first-order valence-corrected chi connectivity index (χ1v) is 5.53. The van der Waals surface area contributed by atoms with Gasteiger partial charge in [0, 0.05) is 16.8 Å². The van der Waals surface area contributed by atoms with E-state index >= 15 is 0 Å². The standard InChI is InChI=1S/C12H11ClN2O2/c13-11-3-1-9(2-4-11)10-7-14-15(8-10)6-5-12(16)17/h1-4,7-8H,5-6H2,(H,16,17). The molecule has 0 fully saturated rings. The quantitative estimate of drug-likeness (QED) is 0.908. The van der Waals surface area contributed by atoms with Crippen LogP contribution in [0.2, 0.25) is 5.02 Å². The number of halogens is 1. The Morgan fingerprint density at radius 1 is 1.29 bits per heavy atom.